The van der Waals surface area contributed by atoms with Gasteiger partial charge in [-0.3, -0.25) is 0 Å². The quantitative estimate of drug-likeness (QED) is 0.365. The molecule has 1 fully saturated rings. The first-order valence-electron chi connectivity index (χ1n) is 10.2. The highest BCUT2D eigenvalue weighted by atomic mass is 19.4. The van der Waals surface area contributed by atoms with Gasteiger partial charge in [-0.05, 0) is 36.2 Å². The number of aromatic nitrogens is 2. The van der Waals surface area contributed by atoms with Gasteiger partial charge in [0.2, 0.25) is 0 Å². The second-order valence-electron chi connectivity index (χ2n) is 7.40. The van der Waals surface area contributed by atoms with Crippen LogP contribution in [-0.4, -0.2) is 42.9 Å². The summed E-state index contributed by atoms with van der Waals surface area (Å²) in [6.45, 7) is 1.42. The van der Waals surface area contributed by atoms with Gasteiger partial charge < -0.3 is 19.5 Å². The molecule has 33 heavy (non-hydrogen) atoms. The second-order valence-corrected chi connectivity index (χ2v) is 7.40. The third kappa shape index (κ3) is 6.10. The molecule has 4 rings (SSSR count). The molecule has 1 atom stereocenters. The fourth-order valence-corrected chi connectivity index (χ4v) is 3.11. The summed E-state index contributed by atoms with van der Waals surface area (Å²) in [6.07, 6.45) is -4.28. The van der Waals surface area contributed by atoms with Gasteiger partial charge in [-0.25, -0.2) is 4.39 Å². The molecule has 0 aliphatic carbocycles. The maximum absolute atomic E-state index is 14.1. The van der Waals surface area contributed by atoms with E-state index in [-0.39, 0.29) is 30.6 Å². The topological polar surface area (TPSA) is 68.8 Å². The van der Waals surface area contributed by atoms with Gasteiger partial charge in [0.15, 0.2) is 0 Å². The second kappa shape index (κ2) is 9.62. The van der Waals surface area contributed by atoms with Crippen molar-refractivity contribution in [3.63, 3.8) is 0 Å². The van der Waals surface area contributed by atoms with Crippen molar-refractivity contribution in [2.75, 3.05) is 32.2 Å². The number of halogens is 4. The van der Waals surface area contributed by atoms with Crippen LogP contribution in [0.4, 0.5) is 23.4 Å². The number of rotatable bonds is 9. The molecule has 174 valence electrons. The van der Waals surface area contributed by atoms with E-state index < -0.39 is 17.6 Å². The van der Waals surface area contributed by atoms with E-state index in [4.69, 9.17) is 14.2 Å². The van der Waals surface area contributed by atoms with Crippen LogP contribution in [0.3, 0.4) is 0 Å². The summed E-state index contributed by atoms with van der Waals surface area (Å²) in [6, 6.07) is 11.7. The lowest BCUT2D eigenvalue weighted by Gasteiger charge is -2.12. The number of anilines is 1. The van der Waals surface area contributed by atoms with E-state index in [9.17, 15) is 17.6 Å². The molecular formula is C23H21F4N3O3. The van der Waals surface area contributed by atoms with Gasteiger partial charge >= 0.3 is 12.2 Å². The number of hydrogen-bond acceptors (Lipinski definition) is 6. The predicted molar refractivity (Wildman–Crippen MR) is 113 cm³/mol. The first-order chi connectivity index (χ1) is 15.8. The molecule has 1 aliphatic rings. The van der Waals surface area contributed by atoms with E-state index in [1.807, 2.05) is 24.3 Å². The highest BCUT2D eigenvalue weighted by Crippen LogP contribution is 2.30. The molecule has 0 spiro atoms. The lowest BCUT2D eigenvalue weighted by Crippen LogP contribution is -2.10. The first kappa shape index (κ1) is 22.8. The molecule has 1 aliphatic heterocycles. The lowest BCUT2D eigenvalue weighted by atomic mass is 10.1. The van der Waals surface area contributed by atoms with Crippen LogP contribution in [-0.2, 0) is 17.3 Å². The van der Waals surface area contributed by atoms with E-state index in [2.05, 4.69) is 15.3 Å². The molecule has 0 amide bonds. The maximum Gasteiger partial charge on any atom is 0.416 e. The minimum Gasteiger partial charge on any atom is -0.491 e. The molecule has 6 nitrogen and oxygen atoms in total. The van der Waals surface area contributed by atoms with Crippen molar-refractivity contribution in [1.29, 1.82) is 0 Å². The summed E-state index contributed by atoms with van der Waals surface area (Å²) in [5.74, 6) is 0.204. The van der Waals surface area contributed by atoms with Crippen LogP contribution in [0.5, 0.6) is 11.8 Å². The largest absolute Gasteiger partial charge is 0.491 e. The minimum absolute atomic E-state index is 0.133. The highest BCUT2D eigenvalue weighted by Gasteiger charge is 2.31. The number of alkyl halides is 3. The zero-order chi connectivity index (χ0) is 23.4. The standard InChI is InChI=1S/C23H21F4N3O3/c1-31-22-29-20(15-3-2-4-17(9-15)32-12-18-13-33-18)11-21(30-22)28-8-7-14-5-6-16(10-19(14)24)23(25,26)27/h2-6,9-11,18H,7-8,12-13H2,1H3,(H,28,29,30). The smallest absolute Gasteiger partial charge is 0.416 e. The molecule has 0 radical (unpaired) electrons. The third-order valence-corrected chi connectivity index (χ3v) is 4.94. The molecule has 1 saturated heterocycles. The normalized spacial score (nSPS) is 15.2. The summed E-state index contributed by atoms with van der Waals surface area (Å²) in [4.78, 5) is 8.60. The summed E-state index contributed by atoms with van der Waals surface area (Å²) in [7, 11) is 1.44. The Kier molecular flexibility index (Phi) is 6.64. The van der Waals surface area contributed by atoms with Crippen molar-refractivity contribution in [1.82, 2.24) is 9.97 Å². The van der Waals surface area contributed by atoms with Gasteiger partial charge in [0, 0.05) is 18.2 Å². The number of nitrogens with zero attached hydrogens (tertiary/aromatic N) is 2. The van der Waals surface area contributed by atoms with Crippen LogP contribution in [0.25, 0.3) is 11.3 Å². The molecule has 0 bridgehead atoms. The minimum atomic E-state index is -4.58. The summed E-state index contributed by atoms with van der Waals surface area (Å²) < 4.78 is 68.2. The fraction of sp³-hybridized carbons (Fsp3) is 0.304. The number of nitrogens with one attached hydrogen (secondary N) is 1. The van der Waals surface area contributed by atoms with Crippen molar-refractivity contribution < 1.29 is 31.8 Å². The van der Waals surface area contributed by atoms with E-state index >= 15 is 0 Å². The molecule has 1 unspecified atom stereocenters. The summed E-state index contributed by atoms with van der Waals surface area (Å²) in [5.41, 5.74) is 0.513. The molecule has 2 heterocycles. The Morgan fingerprint density at radius 3 is 2.64 bits per heavy atom. The molecular weight excluding hydrogens is 442 g/mol. The van der Waals surface area contributed by atoms with Gasteiger partial charge in [-0.1, -0.05) is 18.2 Å². The van der Waals surface area contributed by atoms with Gasteiger partial charge in [0.1, 0.15) is 30.1 Å². The van der Waals surface area contributed by atoms with Crippen molar-refractivity contribution in [3.05, 3.63) is 65.5 Å². The van der Waals surface area contributed by atoms with Crippen LogP contribution >= 0.6 is 0 Å². The lowest BCUT2D eigenvalue weighted by molar-refractivity contribution is -0.137. The van der Waals surface area contributed by atoms with Crippen LogP contribution in [0.2, 0.25) is 0 Å². The van der Waals surface area contributed by atoms with Gasteiger partial charge in [0.05, 0.1) is 25.0 Å². The number of ether oxygens (including phenoxy) is 3. The Hall–Kier alpha value is -3.40. The molecule has 1 N–H and O–H groups in total. The SMILES string of the molecule is COc1nc(NCCc2ccc(C(F)(F)F)cc2F)cc(-c2cccc(OCC3CO3)c2)n1. The van der Waals surface area contributed by atoms with E-state index in [0.29, 0.717) is 36.5 Å². The van der Waals surface area contributed by atoms with Gasteiger partial charge in [-0.2, -0.15) is 23.1 Å². The first-order valence-corrected chi connectivity index (χ1v) is 10.2. The predicted octanol–water partition coefficient (Wildman–Crippen LogP) is 4.74. The number of methoxy groups -OCH3 is 1. The Labute approximate surface area is 187 Å². The number of benzene rings is 2. The van der Waals surface area contributed by atoms with Crippen LogP contribution in [0.15, 0.2) is 48.5 Å². The number of hydrogen-bond donors (Lipinski definition) is 1. The van der Waals surface area contributed by atoms with Crippen molar-refractivity contribution in [3.8, 4) is 23.0 Å². The average molecular weight is 463 g/mol. The Balaban J connectivity index is 1.44. The highest BCUT2D eigenvalue weighted by molar-refractivity contribution is 5.64. The molecule has 3 aromatic rings. The fourth-order valence-electron chi connectivity index (χ4n) is 3.11. The molecule has 0 saturated carbocycles. The molecule has 1 aromatic heterocycles. The average Bonchev–Trinajstić information content (AvgIpc) is 3.63. The van der Waals surface area contributed by atoms with Gasteiger partial charge in [-0.15, -0.1) is 0 Å². The molecule has 10 heteroatoms. The Bertz CT molecular complexity index is 1120. The zero-order valence-corrected chi connectivity index (χ0v) is 17.7. The van der Waals surface area contributed by atoms with E-state index in [1.165, 1.54) is 7.11 Å². The van der Waals surface area contributed by atoms with E-state index in [0.717, 1.165) is 17.7 Å². The summed E-state index contributed by atoms with van der Waals surface area (Å²) >= 11 is 0. The van der Waals surface area contributed by atoms with Crippen LogP contribution in [0, 0.1) is 5.82 Å². The van der Waals surface area contributed by atoms with Crippen molar-refractivity contribution >= 4 is 5.82 Å². The summed E-state index contributed by atoms with van der Waals surface area (Å²) in [5, 5.41) is 3.05. The van der Waals surface area contributed by atoms with Crippen LogP contribution < -0.4 is 14.8 Å². The number of epoxide rings is 1. The maximum atomic E-state index is 14.1. The van der Waals surface area contributed by atoms with Gasteiger partial charge in [0.25, 0.3) is 0 Å². The third-order valence-electron chi connectivity index (χ3n) is 4.94. The van der Waals surface area contributed by atoms with Crippen molar-refractivity contribution in [2.24, 2.45) is 0 Å². The molecule has 2 aromatic carbocycles. The Morgan fingerprint density at radius 2 is 1.94 bits per heavy atom. The van der Waals surface area contributed by atoms with Crippen LogP contribution in [0.1, 0.15) is 11.1 Å². The van der Waals surface area contributed by atoms with E-state index in [1.54, 1.807) is 6.07 Å². The zero-order valence-electron chi connectivity index (χ0n) is 17.7. The Morgan fingerprint density at radius 1 is 1.12 bits per heavy atom. The van der Waals surface area contributed by atoms with Crippen molar-refractivity contribution in [2.45, 2.75) is 18.7 Å². The monoisotopic (exact) mass is 463 g/mol.